The number of ether oxygens (including phenoxy) is 3. The van der Waals surface area contributed by atoms with Gasteiger partial charge in [-0.3, -0.25) is 4.90 Å². The van der Waals surface area contributed by atoms with Gasteiger partial charge in [-0.1, -0.05) is 41.6 Å². The largest absolute Gasteiger partial charge is 0.493 e. The highest BCUT2D eigenvalue weighted by atomic mass is 16.5. The number of hydrogen-bond donors (Lipinski definition) is 0. The summed E-state index contributed by atoms with van der Waals surface area (Å²) in [5.41, 5.74) is 2.19. The number of para-hydroxylation sites is 1. The lowest BCUT2D eigenvalue weighted by Crippen LogP contribution is -2.17. The maximum atomic E-state index is 5.85. The molecule has 0 spiro atoms. The molecule has 3 aromatic carbocycles. The van der Waals surface area contributed by atoms with Gasteiger partial charge in [-0.05, 0) is 54.6 Å². The molecule has 0 fully saturated rings. The van der Waals surface area contributed by atoms with Crippen LogP contribution in [0.15, 0.2) is 77.3 Å². The quantitative estimate of drug-likeness (QED) is 0.336. The molecule has 7 heteroatoms. The summed E-state index contributed by atoms with van der Waals surface area (Å²) < 4.78 is 22.0. The van der Waals surface area contributed by atoms with Crippen LogP contribution in [0.2, 0.25) is 0 Å². The highest BCUT2D eigenvalue weighted by molar-refractivity contribution is 5.43. The van der Waals surface area contributed by atoms with Gasteiger partial charge in [0.15, 0.2) is 17.3 Å². The molecule has 0 radical (unpaired) electrons. The van der Waals surface area contributed by atoms with Crippen molar-refractivity contribution in [3.05, 3.63) is 95.6 Å². The van der Waals surface area contributed by atoms with Crippen molar-refractivity contribution in [1.29, 1.82) is 0 Å². The Hall–Kier alpha value is -3.84. The Balaban J connectivity index is 1.31. The molecule has 4 aromatic rings. The van der Waals surface area contributed by atoms with Gasteiger partial charge in [-0.25, -0.2) is 0 Å². The number of rotatable bonds is 10. The molecule has 1 heterocycles. The van der Waals surface area contributed by atoms with Gasteiger partial charge in [0.25, 0.3) is 0 Å². The van der Waals surface area contributed by atoms with E-state index >= 15 is 0 Å². The van der Waals surface area contributed by atoms with Gasteiger partial charge < -0.3 is 18.7 Å². The molecular formula is C26H27N3O4. The van der Waals surface area contributed by atoms with Crippen LogP contribution in [-0.2, 0) is 19.5 Å². The molecule has 7 nitrogen and oxygen atoms in total. The summed E-state index contributed by atoms with van der Waals surface area (Å²) in [4.78, 5) is 6.66. The van der Waals surface area contributed by atoms with E-state index in [1.807, 2.05) is 67.7 Å². The predicted octanol–water partition coefficient (Wildman–Crippen LogP) is 5.10. The van der Waals surface area contributed by atoms with Crippen LogP contribution in [-0.4, -0.2) is 36.3 Å². The van der Waals surface area contributed by atoms with Gasteiger partial charge >= 0.3 is 0 Å². The predicted molar refractivity (Wildman–Crippen MR) is 125 cm³/mol. The highest BCUT2D eigenvalue weighted by Gasteiger charge is 2.12. The van der Waals surface area contributed by atoms with E-state index in [0.717, 1.165) is 23.6 Å². The topological polar surface area (TPSA) is 69.9 Å². The molecule has 33 heavy (non-hydrogen) atoms. The fourth-order valence-electron chi connectivity index (χ4n) is 3.49. The van der Waals surface area contributed by atoms with Crippen LogP contribution in [0.4, 0.5) is 0 Å². The first-order valence-corrected chi connectivity index (χ1v) is 10.7. The second kappa shape index (κ2) is 10.7. The van der Waals surface area contributed by atoms with Crippen molar-refractivity contribution in [2.45, 2.75) is 19.5 Å². The van der Waals surface area contributed by atoms with Crippen LogP contribution < -0.4 is 14.2 Å². The summed E-state index contributed by atoms with van der Waals surface area (Å²) in [6.45, 7) is 1.31. The van der Waals surface area contributed by atoms with E-state index in [9.17, 15) is 0 Å². The van der Waals surface area contributed by atoms with E-state index in [-0.39, 0.29) is 0 Å². The SMILES string of the molecule is COc1ccc(Cc2noc(CN(C)Cc3ccc(Oc4ccccc4)cc3)n2)cc1OC. The lowest BCUT2D eigenvalue weighted by atomic mass is 10.1. The third-order valence-corrected chi connectivity index (χ3v) is 5.08. The molecule has 170 valence electrons. The van der Waals surface area contributed by atoms with E-state index in [1.165, 1.54) is 5.56 Å². The van der Waals surface area contributed by atoms with E-state index in [1.54, 1.807) is 14.2 Å². The molecule has 0 unspecified atom stereocenters. The maximum absolute atomic E-state index is 5.85. The molecule has 0 aliphatic heterocycles. The monoisotopic (exact) mass is 445 g/mol. The number of benzene rings is 3. The van der Waals surface area contributed by atoms with Crippen molar-refractivity contribution in [1.82, 2.24) is 15.0 Å². The van der Waals surface area contributed by atoms with Crippen LogP contribution in [0.1, 0.15) is 22.8 Å². The minimum Gasteiger partial charge on any atom is -0.493 e. The average molecular weight is 446 g/mol. The molecule has 4 rings (SSSR count). The molecule has 0 atom stereocenters. The second-order valence-electron chi connectivity index (χ2n) is 7.70. The Bertz CT molecular complexity index is 1160. The smallest absolute Gasteiger partial charge is 0.240 e. The van der Waals surface area contributed by atoms with Crippen LogP contribution in [0.3, 0.4) is 0 Å². The zero-order valence-electron chi connectivity index (χ0n) is 19.0. The minimum absolute atomic E-state index is 0.552. The normalized spacial score (nSPS) is 10.9. The zero-order valence-corrected chi connectivity index (χ0v) is 19.0. The van der Waals surface area contributed by atoms with Crippen molar-refractivity contribution in [2.75, 3.05) is 21.3 Å². The molecule has 1 aromatic heterocycles. The standard InChI is InChI=1S/C26H27N3O4/c1-29(17-19-9-12-22(13-10-19)32-21-7-5-4-6-8-21)18-26-27-25(28-33-26)16-20-11-14-23(30-2)24(15-20)31-3/h4-15H,16-18H2,1-3H3. The Kier molecular flexibility index (Phi) is 7.22. The van der Waals surface area contributed by atoms with Gasteiger partial charge in [0.05, 0.1) is 20.8 Å². The first-order valence-electron chi connectivity index (χ1n) is 10.7. The van der Waals surface area contributed by atoms with Gasteiger partial charge in [-0.2, -0.15) is 4.98 Å². The third-order valence-electron chi connectivity index (χ3n) is 5.08. The van der Waals surface area contributed by atoms with Crippen LogP contribution in [0, 0.1) is 0 Å². The summed E-state index contributed by atoms with van der Waals surface area (Å²) in [6.07, 6.45) is 0.552. The van der Waals surface area contributed by atoms with Gasteiger partial charge in [0.1, 0.15) is 11.5 Å². The van der Waals surface area contributed by atoms with E-state index in [0.29, 0.717) is 36.2 Å². The van der Waals surface area contributed by atoms with Gasteiger partial charge in [0.2, 0.25) is 5.89 Å². The van der Waals surface area contributed by atoms with Crippen LogP contribution >= 0.6 is 0 Å². The van der Waals surface area contributed by atoms with Crippen molar-refractivity contribution in [3.63, 3.8) is 0 Å². The first kappa shape index (κ1) is 22.4. The second-order valence-corrected chi connectivity index (χ2v) is 7.70. The first-order chi connectivity index (χ1) is 16.1. The summed E-state index contributed by atoms with van der Waals surface area (Å²) in [7, 11) is 5.26. The van der Waals surface area contributed by atoms with E-state index in [2.05, 4.69) is 27.2 Å². The third kappa shape index (κ3) is 6.11. The van der Waals surface area contributed by atoms with Crippen molar-refractivity contribution >= 4 is 0 Å². The minimum atomic E-state index is 0.552. The van der Waals surface area contributed by atoms with Gasteiger partial charge in [-0.15, -0.1) is 0 Å². The van der Waals surface area contributed by atoms with Crippen molar-refractivity contribution < 1.29 is 18.7 Å². The number of methoxy groups -OCH3 is 2. The fraction of sp³-hybridized carbons (Fsp3) is 0.231. The molecule has 0 aliphatic carbocycles. The molecule has 0 saturated heterocycles. The van der Waals surface area contributed by atoms with E-state index < -0.39 is 0 Å². The molecule has 0 aliphatic rings. The van der Waals surface area contributed by atoms with Crippen molar-refractivity contribution in [2.24, 2.45) is 0 Å². The maximum Gasteiger partial charge on any atom is 0.240 e. The summed E-state index contributed by atoms with van der Waals surface area (Å²) in [5.74, 6) is 4.21. The lowest BCUT2D eigenvalue weighted by molar-refractivity contribution is 0.260. The summed E-state index contributed by atoms with van der Waals surface area (Å²) in [6, 6.07) is 23.6. The molecule has 0 amide bonds. The molecular weight excluding hydrogens is 418 g/mol. The Morgan fingerprint density at radius 1 is 0.788 bits per heavy atom. The molecule has 0 bridgehead atoms. The fourth-order valence-corrected chi connectivity index (χ4v) is 3.49. The Morgan fingerprint density at radius 2 is 1.48 bits per heavy atom. The molecule has 0 N–H and O–H groups in total. The van der Waals surface area contributed by atoms with Crippen LogP contribution in [0.5, 0.6) is 23.0 Å². The Morgan fingerprint density at radius 3 is 2.21 bits per heavy atom. The average Bonchev–Trinajstić information content (AvgIpc) is 3.27. The molecule has 0 saturated carbocycles. The van der Waals surface area contributed by atoms with Gasteiger partial charge in [0, 0.05) is 13.0 Å². The lowest BCUT2D eigenvalue weighted by Gasteiger charge is -2.14. The Labute approximate surface area is 193 Å². The van der Waals surface area contributed by atoms with Crippen LogP contribution in [0.25, 0.3) is 0 Å². The van der Waals surface area contributed by atoms with Crippen molar-refractivity contribution in [3.8, 4) is 23.0 Å². The van der Waals surface area contributed by atoms with E-state index in [4.69, 9.17) is 18.7 Å². The number of aromatic nitrogens is 2. The summed E-state index contributed by atoms with van der Waals surface area (Å²) >= 11 is 0. The number of hydrogen-bond acceptors (Lipinski definition) is 7. The highest BCUT2D eigenvalue weighted by Crippen LogP contribution is 2.28. The summed E-state index contributed by atoms with van der Waals surface area (Å²) in [5, 5.41) is 4.12. The zero-order chi connectivity index (χ0) is 23.0. The number of nitrogens with zero attached hydrogens (tertiary/aromatic N) is 3.